The standard InChI is InChI=1S/C24H17N9O3/c25-13-7-1-2-8-14(13)26-27-19-22(34)20(32-28-15-9-3-4-10-16(15)29-32)24(36)21(23(19)35)33-30-17-11-5-6-12-18(17)31-33/h1-12,25,27,34-36H/b25-13?,26-14-. The van der Waals surface area contributed by atoms with Crippen molar-refractivity contribution in [2.24, 2.45) is 5.10 Å². The van der Waals surface area contributed by atoms with Crippen LogP contribution in [0.1, 0.15) is 0 Å². The lowest BCUT2D eigenvalue weighted by molar-refractivity contribution is 0.415. The van der Waals surface area contributed by atoms with Gasteiger partial charge in [-0.3, -0.25) is 10.8 Å². The number of aromatic hydroxyl groups is 3. The van der Waals surface area contributed by atoms with E-state index in [0.717, 1.165) is 9.59 Å². The van der Waals surface area contributed by atoms with Gasteiger partial charge in [0.1, 0.15) is 33.5 Å². The van der Waals surface area contributed by atoms with Gasteiger partial charge >= 0.3 is 0 Å². The van der Waals surface area contributed by atoms with Crippen molar-refractivity contribution in [2.45, 2.75) is 0 Å². The Morgan fingerprint density at radius 3 is 1.56 bits per heavy atom. The summed E-state index contributed by atoms with van der Waals surface area (Å²) < 4.78 is 0. The van der Waals surface area contributed by atoms with Crippen molar-refractivity contribution in [3.8, 4) is 28.6 Å². The second-order valence-corrected chi connectivity index (χ2v) is 7.82. The first-order valence-electron chi connectivity index (χ1n) is 10.7. The molecule has 0 amide bonds. The van der Waals surface area contributed by atoms with Gasteiger partial charge in [0.2, 0.25) is 0 Å². The van der Waals surface area contributed by atoms with Gasteiger partial charge in [0.25, 0.3) is 0 Å². The summed E-state index contributed by atoms with van der Waals surface area (Å²) in [7, 11) is 0. The molecule has 0 bridgehead atoms. The van der Waals surface area contributed by atoms with Crippen molar-refractivity contribution >= 4 is 39.2 Å². The fourth-order valence-electron chi connectivity index (χ4n) is 3.78. The minimum atomic E-state index is -0.572. The number of nitrogens with zero attached hydrogens (tertiary/aromatic N) is 7. The van der Waals surface area contributed by atoms with Crippen LogP contribution < -0.4 is 5.43 Å². The van der Waals surface area contributed by atoms with Crippen LogP contribution in [-0.4, -0.2) is 56.7 Å². The highest BCUT2D eigenvalue weighted by molar-refractivity contribution is 6.50. The summed E-state index contributed by atoms with van der Waals surface area (Å²) in [6, 6.07) is 14.1. The average molecular weight is 479 g/mol. The molecule has 0 aliphatic heterocycles. The molecule has 36 heavy (non-hydrogen) atoms. The minimum absolute atomic E-state index is 0.128. The fraction of sp³-hybridized carbons (Fsp3) is 0. The Balaban J connectivity index is 1.59. The molecule has 0 fully saturated rings. The van der Waals surface area contributed by atoms with Crippen LogP contribution in [0.25, 0.3) is 33.4 Å². The quantitative estimate of drug-likeness (QED) is 0.113. The molecule has 6 rings (SSSR count). The third-order valence-corrected chi connectivity index (χ3v) is 5.54. The van der Waals surface area contributed by atoms with Crippen LogP contribution in [0.4, 0.5) is 5.69 Å². The van der Waals surface area contributed by atoms with Crippen LogP contribution in [0.15, 0.2) is 77.9 Å². The number of hydrogen-bond acceptors (Lipinski definition) is 10. The largest absolute Gasteiger partial charge is 0.504 e. The normalized spacial score (nSPS) is 14.3. The second-order valence-electron chi connectivity index (χ2n) is 7.82. The summed E-state index contributed by atoms with van der Waals surface area (Å²) >= 11 is 0. The number of fused-ring (bicyclic) bond motifs is 2. The number of rotatable bonds is 4. The van der Waals surface area contributed by atoms with Gasteiger partial charge in [0.05, 0.1) is 5.71 Å². The molecule has 0 spiro atoms. The highest BCUT2D eigenvalue weighted by Crippen LogP contribution is 2.49. The predicted molar refractivity (Wildman–Crippen MR) is 133 cm³/mol. The zero-order chi connectivity index (χ0) is 24.8. The van der Waals surface area contributed by atoms with Crippen LogP contribution in [-0.2, 0) is 0 Å². The molecule has 0 saturated carbocycles. The van der Waals surface area contributed by atoms with E-state index in [4.69, 9.17) is 5.41 Å². The predicted octanol–water partition coefficient (Wildman–Crippen LogP) is 3.18. The van der Waals surface area contributed by atoms with Crippen LogP contribution in [0, 0.1) is 5.41 Å². The lowest BCUT2D eigenvalue weighted by Gasteiger charge is -2.16. The van der Waals surface area contributed by atoms with Gasteiger partial charge in [-0.2, -0.15) is 5.10 Å². The zero-order valence-corrected chi connectivity index (χ0v) is 18.4. The number of hydrogen-bond donors (Lipinski definition) is 5. The van der Waals surface area contributed by atoms with E-state index in [1.54, 1.807) is 72.8 Å². The van der Waals surface area contributed by atoms with E-state index in [9.17, 15) is 15.3 Å². The summed E-state index contributed by atoms with van der Waals surface area (Å²) in [5, 5.41) is 63.1. The van der Waals surface area contributed by atoms with Crippen molar-refractivity contribution in [1.29, 1.82) is 5.41 Å². The molecule has 0 radical (unpaired) electrons. The van der Waals surface area contributed by atoms with Crippen LogP contribution in [0.3, 0.4) is 0 Å². The summed E-state index contributed by atoms with van der Waals surface area (Å²) in [6.07, 6.45) is 6.53. The first kappa shape index (κ1) is 21.0. The topological polar surface area (TPSA) is 170 Å². The van der Waals surface area contributed by atoms with Gasteiger partial charge in [0.15, 0.2) is 28.6 Å². The molecule has 0 saturated heterocycles. The fourth-order valence-corrected chi connectivity index (χ4v) is 3.78. The SMILES string of the molecule is N=C1C=CC=C/C1=N/Nc1c(O)c(-n2nc3ccccc3n2)c(O)c(-n2nc3ccccc3n2)c1O. The van der Waals surface area contributed by atoms with E-state index >= 15 is 0 Å². The van der Waals surface area contributed by atoms with Crippen molar-refractivity contribution < 1.29 is 15.3 Å². The number of anilines is 1. The summed E-state index contributed by atoms with van der Waals surface area (Å²) in [5.41, 5.74) is 4.39. The molecule has 0 atom stereocenters. The van der Waals surface area contributed by atoms with E-state index in [1.165, 1.54) is 0 Å². The van der Waals surface area contributed by atoms with Gasteiger partial charge < -0.3 is 15.3 Å². The molecule has 2 aromatic heterocycles. The molecular weight excluding hydrogens is 462 g/mol. The molecule has 5 N–H and O–H groups in total. The lowest BCUT2D eigenvalue weighted by Crippen LogP contribution is -2.12. The van der Waals surface area contributed by atoms with Gasteiger partial charge in [-0.1, -0.05) is 36.4 Å². The number of nitrogens with one attached hydrogen (secondary N) is 2. The van der Waals surface area contributed by atoms with Crippen molar-refractivity contribution in [3.63, 3.8) is 0 Å². The molecule has 5 aromatic rings. The maximum atomic E-state index is 11.3. The Morgan fingerprint density at radius 2 is 1.11 bits per heavy atom. The summed E-state index contributed by atoms with van der Waals surface area (Å²) in [6.45, 7) is 0. The van der Waals surface area contributed by atoms with Gasteiger partial charge in [-0.05, 0) is 36.4 Å². The minimum Gasteiger partial charge on any atom is -0.504 e. The third-order valence-electron chi connectivity index (χ3n) is 5.54. The molecule has 3 aromatic carbocycles. The Labute approximate surface area is 202 Å². The maximum absolute atomic E-state index is 11.3. The zero-order valence-electron chi connectivity index (χ0n) is 18.4. The number of phenols is 3. The molecule has 1 aliphatic rings. The molecular formula is C24H17N9O3. The highest BCUT2D eigenvalue weighted by atomic mass is 16.3. The summed E-state index contributed by atoms with van der Waals surface area (Å²) in [4.78, 5) is 2.12. The van der Waals surface area contributed by atoms with Crippen LogP contribution >= 0.6 is 0 Å². The Hall–Kier alpha value is -5.52. The third kappa shape index (κ3) is 3.32. The van der Waals surface area contributed by atoms with Crippen molar-refractivity contribution in [1.82, 2.24) is 30.0 Å². The van der Waals surface area contributed by atoms with Gasteiger partial charge in [0, 0.05) is 0 Å². The number of allylic oxidation sites excluding steroid dienone is 4. The molecule has 176 valence electrons. The number of hydrazone groups is 1. The van der Waals surface area contributed by atoms with E-state index in [0.29, 0.717) is 22.1 Å². The highest BCUT2D eigenvalue weighted by Gasteiger charge is 2.29. The van der Waals surface area contributed by atoms with Crippen LogP contribution in [0.2, 0.25) is 0 Å². The van der Waals surface area contributed by atoms with Gasteiger partial charge in [-0.25, -0.2) is 0 Å². The molecule has 12 nitrogen and oxygen atoms in total. The van der Waals surface area contributed by atoms with E-state index in [-0.39, 0.29) is 28.5 Å². The van der Waals surface area contributed by atoms with E-state index < -0.39 is 17.2 Å². The second kappa shape index (κ2) is 8.06. The van der Waals surface area contributed by atoms with Gasteiger partial charge in [-0.15, -0.1) is 30.0 Å². The first-order valence-corrected chi connectivity index (χ1v) is 10.7. The number of phenolic OH excluding ortho intramolecular Hbond substituents is 3. The van der Waals surface area contributed by atoms with Crippen molar-refractivity contribution in [2.75, 3.05) is 5.43 Å². The average Bonchev–Trinajstić information content (AvgIpc) is 3.49. The molecule has 1 aliphatic carbocycles. The Kier molecular flexibility index (Phi) is 4.71. The summed E-state index contributed by atoms with van der Waals surface area (Å²) in [5.74, 6) is -1.70. The first-order chi connectivity index (χ1) is 17.5. The van der Waals surface area contributed by atoms with Crippen molar-refractivity contribution in [3.05, 3.63) is 72.8 Å². The lowest BCUT2D eigenvalue weighted by atomic mass is 10.1. The number of aromatic nitrogens is 6. The Morgan fingerprint density at radius 1 is 0.667 bits per heavy atom. The van der Waals surface area contributed by atoms with E-state index in [1.807, 2.05) is 0 Å². The Bertz CT molecular complexity index is 1610. The number of benzene rings is 3. The molecule has 2 heterocycles. The maximum Gasteiger partial charge on any atom is 0.179 e. The molecule has 0 unspecified atom stereocenters. The molecule has 12 heteroatoms. The van der Waals surface area contributed by atoms with E-state index in [2.05, 4.69) is 30.9 Å². The smallest absolute Gasteiger partial charge is 0.179 e. The van der Waals surface area contributed by atoms with Crippen LogP contribution in [0.5, 0.6) is 17.2 Å². The monoisotopic (exact) mass is 479 g/mol.